The molecular formula is C15H21N2O3P. The van der Waals surface area contributed by atoms with Crippen molar-refractivity contribution in [2.75, 3.05) is 26.3 Å². The second-order valence-corrected chi connectivity index (χ2v) is 5.78. The van der Waals surface area contributed by atoms with Gasteiger partial charge >= 0.3 is 0 Å². The summed E-state index contributed by atoms with van der Waals surface area (Å²) in [5.74, 6) is 0. The van der Waals surface area contributed by atoms with Gasteiger partial charge in [-0.2, -0.15) is 0 Å². The minimum Gasteiger partial charge on any atom is -0.373 e. The average molecular weight is 308 g/mol. The van der Waals surface area contributed by atoms with Crippen LogP contribution < -0.4 is 5.30 Å². The number of hydrogen-bond acceptors (Lipinski definition) is 4. The maximum absolute atomic E-state index is 10.3. The highest BCUT2D eigenvalue weighted by molar-refractivity contribution is 7.27. The van der Waals surface area contributed by atoms with E-state index in [1.165, 1.54) is 10.9 Å². The fraction of sp³-hybridized carbons (Fsp3) is 0.467. The predicted molar refractivity (Wildman–Crippen MR) is 86.2 cm³/mol. The molecule has 1 unspecified atom stereocenters. The summed E-state index contributed by atoms with van der Waals surface area (Å²) in [4.78, 5) is 12.4. The van der Waals surface area contributed by atoms with Crippen LogP contribution in [0.1, 0.15) is 18.4 Å². The molecule has 1 aromatic carbocycles. The van der Waals surface area contributed by atoms with E-state index in [1.54, 1.807) is 0 Å². The second-order valence-electron chi connectivity index (χ2n) is 5.11. The second kappa shape index (κ2) is 8.11. The molecule has 0 bridgehead atoms. The van der Waals surface area contributed by atoms with E-state index in [-0.39, 0.29) is 11.5 Å². The van der Waals surface area contributed by atoms with Crippen molar-refractivity contribution >= 4 is 14.5 Å². The zero-order chi connectivity index (χ0) is 15.1. The molecule has 1 saturated heterocycles. The highest BCUT2D eigenvalue weighted by Gasteiger charge is 2.15. The van der Waals surface area contributed by atoms with Gasteiger partial charge in [-0.15, -0.1) is 9.24 Å². The lowest BCUT2D eigenvalue weighted by Gasteiger charge is -2.32. The van der Waals surface area contributed by atoms with E-state index in [0.29, 0.717) is 13.0 Å². The van der Waals surface area contributed by atoms with Crippen molar-refractivity contribution < 1.29 is 9.66 Å². The van der Waals surface area contributed by atoms with Gasteiger partial charge in [0.1, 0.15) is 0 Å². The number of nitrogens with zero attached hydrogens (tertiary/aromatic N) is 2. The molecule has 0 aromatic heterocycles. The summed E-state index contributed by atoms with van der Waals surface area (Å²) in [7, 11) is 2.68. The van der Waals surface area contributed by atoms with E-state index in [4.69, 9.17) is 4.74 Å². The van der Waals surface area contributed by atoms with E-state index in [2.05, 4.69) is 44.5 Å². The van der Waals surface area contributed by atoms with Crippen molar-refractivity contribution in [2.45, 2.75) is 19.4 Å². The number of rotatable bonds is 6. The first-order valence-electron chi connectivity index (χ1n) is 7.13. The SMILES string of the molecule is O=[N+]([O-])CCC/C=C1\COCCN1Cc1ccc(P)cc1. The van der Waals surface area contributed by atoms with Gasteiger partial charge in [-0.1, -0.05) is 30.3 Å². The number of allylic oxidation sites excluding steroid dienone is 1. The van der Waals surface area contributed by atoms with Gasteiger partial charge in [-0.25, -0.2) is 0 Å². The molecule has 21 heavy (non-hydrogen) atoms. The van der Waals surface area contributed by atoms with Crippen LogP contribution in [0.4, 0.5) is 0 Å². The van der Waals surface area contributed by atoms with Gasteiger partial charge in [0.15, 0.2) is 0 Å². The Labute approximate surface area is 127 Å². The van der Waals surface area contributed by atoms with Crippen molar-refractivity contribution in [1.82, 2.24) is 4.90 Å². The Morgan fingerprint density at radius 1 is 1.38 bits per heavy atom. The van der Waals surface area contributed by atoms with Gasteiger partial charge in [0.05, 0.1) is 13.2 Å². The summed E-state index contributed by atoms with van der Waals surface area (Å²) in [6, 6.07) is 8.42. The van der Waals surface area contributed by atoms with Crippen LogP contribution in [0.3, 0.4) is 0 Å². The zero-order valence-electron chi connectivity index (χ0n) is 12.0. The Balaban J connectivity index is 1.93. The molecule has 0 aliphatic carbocycles. The number of ether oxygens (including phenoxy) is 1. The Bertz CT molecular complexity index is 502. The molecule has 1 aliphatic heterocycles. The fourth-order valence-corrected chi connectivity index (χ4v) is 2.48. The summed E-state index contributed by atoms with van der Waals surface area (Å²) >= 11 is 0. The normalized spacial score (nSPS) is 17.2. The summed E-state index contributed by atoms with van der Waals surface area (Å²) in [6.07, 6.45) is 3.37. The molecule has 0 radical (unpaired) electrons. The summed E-state index contributed by atoms with van der Waals surface area (Å²) < 4.78 is 5.50. The van der Waals surface area contributed by atoms with Gasteiger partial charge in [-0.3, -0.25) is 10.1 Å². The van der Waals surface area contributed by atoms with Crippen molar-refractivity contribution in [3.05, 3.63) is 51.7 Å². The number of unbranched alkanes of at least 4 members (excludes halogenated alkanes) is 1. The monoisotopic (exact) mass is 308 g/mol. The van der Waals surface area contributed by atoms with Crippen molar-refractivity contribution in [3.8, 4) is 0 Å². The topological polar surface area (TPSA) is 55.6 Å². The third-order valence-electron chi connectivity index (χ3n) is 3.44. The van der Waals surface area contributed by atoms with Crippen LogP contribution in [0.15, 0.2) is 36.0 Å². The first-order chi connectivity index (χ1) is 10.1. The lowest BCUT2D eigenvalue weighted by atomic mass is 10.1. The maximum atomic E-state index is 10.3. The number of benzene rings is 1. The maximum Gasteiger partial charge on any atom is 0.204 e. The van der Waals surface area contributed by atoms with Crippen LogP contribution in [0.25, 0.3) is 0 Å². The Morgan fingerprint density at radius 2 is 2.14 bits per heavy atom. The van der Waals surface area contributed by atoms with Crippen LogP contribution in [-0.4, -0.2) is 36.1 Å². The van der Waals surface area contributed by atoms with Crippen LogP contribution in [-0.2, 0) is 11.3 Å². The molecule has 114 valence electrons. The molecule has 1 fully saturated rings. The molecule has 0 spiro atoms. The van der Waals surface area contributed by atoms with Gasteiger partial charge in [0.2, 0.25) is 6.54 Å². The highest BCUT2D eigenvalue weighted by atomic mass is 31.0. The van der Waals surface area contributed by atoms with Crippen LogP contribution >= 0.6 is 9.24 Å². The fourth-order valence-electron chi connectivity index (χ4n) is 2.29. The highest BCUT2D eigenvalue weighted by Crippen LogP contribution is 2.16. The van der Waals surface area contributed by atoms with E-state index in [0.717, 1.165) is 31.8 Å². The van der Waals surface area contributed by atoms with Crippen LogP contribution in [0.2, 0.25) is 0 Å². The molecular weight excluding hydrogens is 287 g/mol. The van der Waals surface area contributed by atoms with Crippen LogP contribution in [0, 0.1) is 10.1 Å². The van der Waals surface area contributed by atoms with Gasteiger partial charge < -0.3 is 9.64 Å². The smallest absolute Gasteiger partial charge is 0.204 e. The number of hydrogen-bond donors (Lipinski definition) is 0. The molecule has 0 amide bonds. The van der Waals surface area contributed by atoms with Crippen molar-refractivity contribution in [3.63, 3.8) is 0 Å². The summed E-state index contributed by atoms with van der Waals surface area (Å²) in [5, 5.41) is 11.5. The van der Waals surface area contributed by atoms with Crippen molar-refractivity contribution in [1.29, 1.82) is 0 Å². The first kappa shape index (κ1) is 15.9. The molecule has 1 atom stereocenters. The number of morpholine rings is 1. The lowest BCUT2D eigenvalue weighted by Crippen LogP contribution is -2.34. The molecule has 1 aromatic rings. The van der Waals surface area contributed by atoms with Gasteiger partial charge in [0, 0.05) is 30.1 Å². The molecule has 5 nitrogen and oxygen atoms in total. The molecule has 2 rings (SSSR count). The molecule has 6 heteroatoms. The van der Waals surface area contributed by atoms with E-state index in [9.17, 15) is 10.1 Å². The molecule has 0 saturated carbocycles. The predicted octanol–water partition coefficient (Wildman–Crippen LogP) is 1.96. The quantitative estimate of drug-likeness (QED) is 0.349. The zero-order valence-corrected chi connectivity index (χ0v) is 13.2. The lowest BCUT2D eigenvalue weighted by molar-refractivity contribution is -0.480. The third-order valence-corrected chi connectivity index (χ3v) is 3.82. The average Bonchev–Trinajstić information content (AvgIpc) is 2.47. The first-order valence-corrected chi connectivity index (χ1v) is 7.71. The summed E-state index contributed by atoms with van der Waals surface area (Å²) in [5.41, 5.74) is 2.40. The largest absolute Gasteiger partial charge is 0.373 e. The van der Waals surface area contributed by atoms with Crippen molar-refractivity contribution in [2.24, 2.45) is 0 Å². The van der Waals surface area contributed by atoms with E-state index in [1.807, 2.05) is 0 Å². The Morgan fingerprint density at radius 3 is 2.86 bits per heavy atom. The minimum atomic E-state index is -0.266. The Hall–Kier alpha value is -1.45. The standard InChI is InChI=1S/C15H21N2O3P/c18-17(19)8-2-1-3-14-12-20-10-9-16(14)11-13-4-6-15(21)7-5-13/h3-7H,1-2,8-12,21H2/b14-3+. The number of nitro groups is 1. The van der Waals surface area contributed by atoms with Crippen LogP contribution in [0.5, 0.6) is 0 Å². The van der Waals surface area contributed by atoms with E-state index < -0.39 is 0 Å². The third kappa shape index (κ3) is 5.44. The van der Waals surface area contributed by atoms with E-state index >= 15 is 0 Å². The summed E-state index contributed by atoms with van der Waals surface area (Å²) in [6.45, 7) is 3.08. The van der Waals surface area contributed by atoms with Gasteiger partial charge in [0.25, 0.3) is 0 Å². The Kier molecular flexibility index (Phi) is 6.15. The molecule has 0 N–H and O–H groups in total. The molecule has 1 aliphatic rings. The van der Waals surface area contributed by atoms with Gasteiger partial charge in [-0.05, 0) is 17.3 Å². The minimum absolute atomic E-state index is 0.0280. The molecule has 1 heterocycles.